The molecule has 2 fully saturated rings. The summed E-state index contributed by atoms with van der Waals surface area (Å²) in [5.74, 6) is -3.19. The van der Waals surface area contributed by atoms with E-state index in [9.17, 15) is 10.2 Å². The third-order valence-electron chi connectivity index (χ3n) is 8.11. The van der Waals surface area contributed by atoms with Gasteiger partial charge in [0.2, 0.25) is 5.95 Å². The molecule has 0 unspecified atom stereocenters. The number of likely N-dealkylation sites (N-methyl/N-ethyl adjacent to an activating group) is 1. The van der Waals surface area contributed by atoms with Gasteiger partial charge in [0.25, 0.3) is 5.91 Å². The van der Waals surface area contributed by atoms with Crippen LogP contribution in [-0.2, 0) is 12.5 Å². The highest BCUT2D eigenvalue weighted by Crippen LogP contribution is 2.32. The number of thioether (sulfide) groups is 1. The zero-order valence-corrected chi connectivity index (χ0v) is 24.5. The van der Waals surface area contributed by atoms with Crippen LogP contribution in [0.2, 0.25) is 0 Å². The Kier molecular flexibility index (Phi) is 8.18. The number of halogens is 2. The average Bonchev–Trinajstić information content (AvgIpc) is 3.39. The van der Waals surface area contributed by atoms with E-state index < -0.39 is 23.1 Å². The third-order valence-corrected chi connectivity index (χ3v) is 9.06. The van der Waals surface area contributed by atoms with Crippen molar-refractivity contribution in [2.24, 2.45) is 0 Å². The van der Waals surface area contributed by atoms with E-state index in [2.05, 4.69) is 51.2 Å². The monoisotopic (exact) mass is 595 g/mol. The van der Waals surface area contributed by atoms with Gasteiger partial charge in [-0.2, -0.15) is 16.7 Å². The largest absolute Gasteiger partial charge is 0.349 e. The Labute approximate surface area is 247 Å². The van der Waals surface area contributed by atoms with Gasteiger partial charge in [0, 0.05) is 80.8 Å². The molecule has 2 saturated heterocycles. The quantitative estimate of drug-likeness (QED) is 0.277. The maximum absolute atomic E-state index is 15.3. The number of hydrogen-bond acceptors (Lipinski definition) is 9. The Morgan fingerprint density at radius 1 is 0.976 bits per heavy atom. The number of fused-ring (bicyclic) bond motifs is 1. The van der Waals surface area contributed by atoms with Gasteiger partial charge in [-0.3, -0.25) is 4.90 Å². The first kappa shape index (κ1) is 29.0. The number of nitrogens with zero attached hydrogens (tertiary/aromatic N) is 6. The summed E-state index contributed by atoms with van der Waals surface area (Å²) < 4.78 is 32.2. The van der Waals surface area contributed by atoms with E-state index in [1.165, 1.54) is 16.0 Å². The molecule has 0 saturated carbocycles. The first-order valence-electron chi connectivity index (χ1n) is 14.1. The second kappa shape index (κ2) is 11.9. The van der Waals surface area contributed by atoms with Crippen molar-refractivity contribution in [1.82, 2.24) is 29.2 Å². The van der Waals surface area contributed by atoms with Crippen molar-refractivity contribution in [1.29, 1.82) is 0 Å². The molecular formula is C30H35F2N7O2S. The van der Waals surface area contributed by atoms with E-state index in [0.717, 1.165) is 50.5 Å². The van der Waals surface area contributed by atoms with E-state index in [-0.39, 0.29) is 5.69 Å². The van der Waals surface area contributed by atoms with Crippen LogP contribution in [0.3, 0.4) is 0 Å². The van der Waals surface area contributed by atoms with E-state index >= 15 is 8.78 Å². The summed E-state index contributed by atoms with van der Waals surface area (Å²) in [5.41, 5.74) is 3.14. The summed E-state index contributed by atoms with van der Waals surface area (Å²) in [6.07, 6.45) is 3.31. The van der Waals surface area contributed by atoms with E-state index in [4.69, 9.17) is 0 Å². The van der Waals surface area contributed by atoms with Gasteiger partial charge in [-0.05, 0) is 55.4 Å². The summed E-state index contributed by atoms with van der Waals surface area (Å²) in [7, 11) is 2.15. The fourth-order valence-electron chi connectivity index (χ4n) is 5.53. The predicted molar refractivity (Wildman–Crippen MR) is 161 cm³/mol. The molecule has 42 heavy (non-hydrogen) atoms. The molecule has 0 atom stereocenters. The smallest absolute Gasteiger partial charge is 0.259 e. The molecule has 0 spiro atoms. The van der Waals surface area contributed by atoms with Crippen LogP contribution in [0.15, 0.2) is 48.8 Å². The zero-order valence-electron chi connectivity index (χ0n) is 23.7. The van der Waals surface area contributed by atoms with Crippen molar-refractivity contribution in [3.63, 3.8) is 0 Å². The van der Waals surface area contributed by atoms with Crippen LogP contribution >= 0.6 is 11.8 Å². The SMILES string of the molecule is Cc1ccc(Nc2ncc3ccn(-c4cc(F)c(C(O)(O)N5CCSCC5)c(F)c4)c3n2)cc1CN1CCN(C)CC1. The van der Waals surface area contributed by atoms with Crippen molar-refractivity contribution in [2.75, 3.05) is 63.1 Å². The highest BCUT2D eigenvalue weighted by molar-refractivity contribution is 7.99. The highest BCUT2D eigenvalue weighted by atomic mass is 32.2. The van der Waals surface area contributed by atoms with Gasteiger partial charge < -0.3 is 25.0 Å². The fourth-order valence-corrected chi connectivity index (χ4v) is 6.44. The second-order valence-corrected chi connectivity index (χ2v) is 12.2. The molecule has 3 N–H and O–H groups in total. The zero-order chi connectivity index (χ0) is 29.4. The van der Waals surface area contributed by atoms with Crippen LogP contribution < -0.4 is 5.32 Å². The Hall–Kier alpha value is -3.13. The minimum Gasteiger partial charge on any atom is -0.349 e. The summed E-state index contributed by atoms with van der Waals surface area (Å²) in [4.78, 5) is 15.2. The fraction of sp³-hybridized carbons (Fsp3) is 0.400. The topological polar surface area (TPSA) is 92.9 Å². The number of aliphatic hydroxyl groups is 2. The van der Waals surface area contributed by atoms with Crippen molar-refractivity contribution < 1.29 is 19.0 Å². The van der Waals surface area contributed by atoms with Gasteiger partial charge in [-0.25, -0.2) is 18.7 Å². The van der Waals surface area contributed by atoms with Gasteiger partial charge in [0.1, 0.15) is 17.3 Å². The standard InChI is InChI=1S/C30H35F2N7O2S/c1-20-3-4-23(15-22(20)19-37-9-7-36(2)8-10-37)34-29-33-18-21-5-6-39(28(21)35-29)24-16-25(31)27(26(32)17-24)30(40,41)38-11-13-42-14-12-38/h3-6,15-18,40-41H,7-14,19H2,1-2H3,(H,33,34,35). The number of benzene rings is 2. The summed E-state index contributed by atoms with van der Waals surface area (Å²) >= 11 is 1.65. The van der Waals surface area contributed by atoms with Gasteiger partial charge in [0.05, 0.1) is 11.3 Å². The van der Waals surface area contributed by atoms with Crippen LogP contribution in [0.5, 0.6) is 0 Å². The lowest BCUT2D eigenvalue weighted by molar-refractivity contribution is -0.276. The molecule has 0 radical (unpaired) electrons. The molecule has 4 aromatic rings. The number of aromatic nitrogens is 3. The summed E-state index contributed by atoms with van der Waals surface area (Å²) in [6, 6.07) is 10.1. The first-order chi connectivity index (χ1) is 20.2. The van der Waals surface area contributed by atoms with Gasteiger partial charge in [-0.15, -0.1) is 0 Å². The predicted octanol–water partition coefficient (Wildman–Crippen LogP) is 3.64. The molecule has 9 nitrogen and oxygen atoms in total. The van der Waals surface area contributed by atoms with Crippen LogP contribution in [0, 0.1) is 18.6 Å². The summed E-state index contributed by atoms with van der Waals surface area (Å²) in [6.45, 7) is 7.77. The van der Waals surface area contributed by atoms with Crippen LogP contribution in [-0.4, -0.2) is 97.3 Å². The van der Waals surface area contributed by atoms with Crippen LogP contribution in [0.1, 0.15) is 16.7 Å². The maximum Gasteiger partial charge on any atom is 0.259 e. The lowest BCUT2D eigenvalue weighted by Gasteiger charge is -2.37. The molecule has 222 valence electrons. The second-order valence-electron chi connectivity index (χ2n) is 11.0. The number of aryl methyl sites for hydroxylation is 1. The van der Waals surface area contributed by atoms with E-state index in [1.807, 2.05) is 6.07 Å². The molecule has 6 rings (SSSR count). The van der Waals surface area contributed by atoms with Gasteiger partial charge >= 0.3 is 0 Å². The number of hydrogen-bond donors (Lipinski definition) is 3. The highest BCUT2D eigenvalue weighted by Gasteiger charge is 2.40. The Morgan fingerprint density at radius 2 is 1.69 bits per heavy atom. The molecule has 2 aromatic carbocycles. The Bertz CT molecular complexity index is 1560. The molecular weight excluding hydrogens is 560 g/mol. The Morgan fingerprint density at radius 3 is 2.40 bits per heavy atom. The van der Waals surface area contributed by atoms with Crippen LogP contribution in [0.25, 0.3) is 16.7 Å². The third kappa shape index (κ3) is 5.87. The molecule has 12 heteroatoms. The molecule has 0 bridgehead atoms. The van der Waals surface area contributed by atoms with Crippen molar-refractivity contribution in [3.05, 3.63) is 77.1 Å². The number of piperazine rings is 1. The first-order valence-corrected chi connectivity index (χ1v) is 15.2. The van der Waals surface area contributed by atoms with E-state index in [1.54, 1.807) is 34.8 Å². The molecule has 2 aliphatic heterocycles. The minimum absolute atomic E-state index is 0.170. The van der Waals surface area contributed by atoms with Gasteiger partial charge in [0.15, 0.2) is 0 Å². The normalized spacial score (nSPS) is 17.7. The number of rotatable bonds is 7. The molecule has 0 aliphatic carbocycles. The molecule has 2 aliphatic rings. The Balaban J connectivity index is 1.26. The number of anilines is 2. The maximum atomic E-state index is 15.3. The van der Waals surface area contributed by atoms with Crippen LogP contribution in [0.4, 0.5) is 20.4 Å². The van der Waals surface area contributed by atoms with E-state index in [0.29, 0.717) is 41.6 Å². The minimum atomic E-state index is -2.75. The number of nitrogens with one attached hydrogen (secondary N) is 1. The van der Waals surface area contributed by atoms with Crippen molar-refractivity contribution in [3.8, 4) is 5.69 Å². The van der Waals surface area contributed by atoms with Crippen molar-refractivity contribution >= 4 is 34.4 Å². The van der Waals surface area contributed by atoms with Crippen molar-refractivity contribution in [2.45, 2.75) is 19.4 Å². The lowest BCUT2D eigenvalue weighted by Crippen LogP contribution is -2.51. The average molecular weight is 596 g/mol. The molecule has 2 aromatic heterocycles. The lowest BCUT2D eigenvalue weighted by atomic mass is 10.1. The summed E-state index contributed by atoms with van der Waals surface area (Å²) in [5, 5.41) is 25.4. The molecule has 0 amide bonds. The van der Waals surface area contributed by atoms with Gasteiger partial charge in [-0.1, -0.05) is 6.07 Å². The molecule has 4 heterocycles.